The first-order valence-electron chi connectivity index (χ1n) is 9.47. The second-order valence-corrected chi connectivity index (χ2v) is 6.57. The van der Waals surface area contributed by atoms with Crippen LogP contribution in [0, 0.1) is 0 Å². The van der Waals surface area contributed by atoms with Gasteiger partial charge in [-0.05, 0) is 47.9 Å². The van der Waals surface area contributed by atoms with E-state index in [-0.39, 0.29) is 12.3 Å². The van der Waals surface area contributed by atoms with Crippen LogP contribution in [0.4, 0.5) is 0 Å². The number of carbonyl (C=O) groups is 2. The van der Waals surface area contributed by atoms with Gasteiger partial charge in [-0.3, -0.25) is 9.59 Å². The van der Waals surface area contributed by atoms with Gasteiger partial charge in [-0.25, -0.2) is 0 Å². The van der Waals surface area contributed by atoms with Gasteiger partial charge in [0.2, 0.25) is 0 Å². The van der Waals surface area contributed by atoms with Gasteiger partial charge < -0.3 is 15.2 Å². The van der Waals surface area contributed by atoms with Gasteiger partial charge in [-0.2, -0.15) is 0 Å². The summed E-state index contributed by atoms with van der Waals surface area (Å²) >= 11 is 0. The molecule has 0 aromatic heterocycles. The van der Waals surface area contributed by atoms with Crippen LogP contribution in [-0.4, -0.2) is 23.6 Å². The number of carboxylic acid groups (broad SMARTS) is 1. The quantitative estimate of drug-likeness (QED) is 0.586. The molecule has 1 amide bonds. The summed E-state index contributed by atoms with van der Waals surface area (Å²) in [5.41, 5.74) is 3.27. The number of nitrogens with one attached hydrogen (secondary N) is 1. The van der Waals surface area contributed by atoms with Gasteiger partial charge in [0.05, 0.1) is 19.1 Å². The molecule has 3 aromatic carbocycles. The standard InChI is InChI=1S/C24H23NO4/c1-2-29-21-14-12-19(13-15-21)22(16-23(26)27)25-24(28)20-10-8-18(9-11-20)17-6-4-3-5-7-17/h3-15,22H,2,16H2,1H3,(H,25,28)(H,26,27)/t22-/m1/s1. The summed E-state index contributed by atoms with van der Waals surface area (Å²) in [6, 6.07) is 23.6. The van der Waals surface area contributed by atoms with Gasteiger partial charge in [0.15, 0.2) is 0 Å². The highest BCUT2D eigenvalue weighted by molar-refractivity contribution is 5.95. The first kappa shape index (κ1) is 20.1. The van der Waals surface area contributed by atoms with Crippen LogP contribution in [0.5, 0.6) is 5.75 Å². The van der Waals surface area contributed by atoms with Crippen molar-refractivity contribution in [3.63, 3.8) is 0 Å². The molecule has 0 fully saturated rings. The third kappa shape index (κ3) is 5.45. The number of amides is 1. The summed E-state index contributed by atoms with van der Waals surface area (Å²) in [6.07, 6.45) is -0.207. The van der Waals surface area contributed by atoms with Crippen molar-refractivity contribution >= 4 is 11.9 Å². The van der Waals surface area contributed by atoms with Gasteiger partial charge in [0, 0.05) is 5.56 Å². The van der Waals surface area contributed by atoms with E-state index in [1.807, 2.05) is 49.4 Å². The molecular formula is C24H23NO4. The van der Waals surface area contributed by atoms with Crippen molar-refractivity contribution < 1.29 is 19.4 Å². The largest absolute Gasteiger partial charge is 0.494 e. The lowest BCUT2D eigenvalue weighted by Crippen LogP contribution is -2.30. The first-order chi connectivity index (χ1) is 14.1. The Morgan fingerprint density at radius 3 is 2.10 bits per heavy atom. The van der Waals surface area contributed by atoms with Gasteiger partial charge in [0.1, 0.15) is 5.75 Å². The molecule has 3 aromatic rings. The average Bonchev–Trinajstić information content (AvgIpc) is 2.74. The Kier molecular flexibility index (Phi) is 6.63. The molecule has 0 aliphatic carbocycles. The number of hydrogen-bond donors (Lipinski definition) is 2. The molecular weight excluding hydrogens is 366 g/mol. The zero-order valence-corrected chi connectivity index (χ0v) is 16.2. The number of hydrogen-bond acceptors (Lipinski definition) is 3. The minimum absolute atomic E-state index is 0.207. The Hall–Kier alpha value is -3.60. The monoisotopic (exact) mass is 389 g/mol. The van der Waals surface area contributed by atoms with E-state index < -0.39 is 12.0 Å². The minimum Gasteiger partial charge on any atom is -0.494 e. The first-order valence-corrected chi connectivity index (χ1v) is 9.47. The fourth-order valence-electron chi connectivity index (χ4n) is 3.08. The summed E-state index contributed by atoms with van der Waals surface area (Å²) in [6.45, 7) is 2.44. The van der Waals surface area contributed by atoms with Crippen LogP contribution in [-0.2, 0) is 4.79 Å². The second kappa shape index (κ2) is 9.55. The highest BCUT2D eigenvalue weighted by Crippen LogP contribution is 2.22. The molecule has 0 heterocycles. The van der Waals surface area contributed by atoms with Crippen LogP contribution in [0.2, 0.25) is 0 Å². The van der Waals surface area contributed by atoms with Crippen LogP contribution in [0.15, 0.2) is 78.9 Å². The van der Waals surface area contributed by atoms with Crippen LogP contribution >= 0.6 is 0 Å². The number of rotatable bonds is 8. The van der Waals surface area contributed by atoms with Crippen molar-refractivity contribution in [1.29, 1.82) is 0 Å². The molecule has 29 heavy (non-hydrogen) atoms. The molecule has 1 atom stereocenters. The highest BCUT2D eigenvalue weighted by atomic mass is 16.5. The van der Waals surface area contributed by atoms with E-state index in [0.717, 1.165) is 11.1 Å². The molecule has 0 saturated heterocycles. The predicted molar refractivity (Wildman–Crippen MR) is 112 cm³/mol. The van der Waals surface area contributed by atoms with Crippen molar-refractivity contribution in [2.75, 3.05) is 6.61 Å². The lowest BCUT2D eigenvalue weighted by Gasteiger charge is -2.18. The fraction of sp³-hybridized carbons (Fsp3) is 0.167. The van der Waals surface area contributed by atoms with E-state index in [2.05, 4.69) is 5.32 Å². The molecule has 0 aliphatic heterocycles. The Bertz CT molecular complexity index is 950. The van der Waals surface area contributed by atoms with Crippen molar-refractivity contribution in [2.24, 2.45) is 0 Å². The summed E-state index contributed by atoms with van der Waals surface area (Å²) in [5.74, 6) is -0.596. The third-order valence-corrected chi connectivity index (χ3v) is 4.53. The molecule has 0 spiro atoms. The molecule has 148 valence electrons. The summed E-state index contributed by atoms with van der Waals surface area (Å²) in [5, 5.41) is 12.1. The molecule has 5 nitrogen and oxygen atoms in total. The Labute approximate surface area is 170 Å². The predicted octanol–water partition coefficient (Wildman–Crippen LogP) is 4.70. The van der Waals surface area contributed by atoms with Crippen molar-refractivity contribution in [2.45, 2.75) is 19.4 Å². The topological polar surface area (TPSA) is 75.6 Å². The number of carbonyl (C=O) groups excluding carboxylic acids is 1. The van der Waals surface area contributed by atoms with Gasteiger partial charge in [-0.1, -0.05) is 54.6 Å². The van der Waals surface area contributed by atoms with E-state index in [1.165, 1.54) is 0 Å². The lowest BCUT2D eigenvalue weighted by molar-refractivity contribution is -0.137. The van der Waals surface area contributed by atoms with Crippen molar-refractivity contribution in [1.82, 2.24) is 5.32 Å². The molecule has 5 heteroatoms. The zero-order chi connectivity index (χ0) is 20.6. The SMILES string of the molecule is CCOc1ccc([C@@H](CC(=O)O)NC(=O)c2ccc(-c3ccccc3)cc2)cc1. The van der Waals surface area contributed by atoms with E-state index in [4.69, 9.17) is 4.74 Å². The van der Waals surface area contributed by atoms with E-state index in [1.54, 1.807) is 36.4 Å². The van der Waals surface area contributed by atoms with E-state index >= 15 is 0 Å². The Balaban J connectivity index is 1.75. The van der Waals surface area contributed by atoms with Crippen LogP contribution in [0.1, 0.15) is 35.3 Å². The second-order valence-electron chi connectivity index (χ2n) is 6.57. The van der Waals surface area contributed by atoms with Crippen LogP contribution in [0.3, 0.4) is 0 Å². The molecule has 0 bridgehead atoms. The van der Waals surface area contributed by atoms with E-state index in [0.29, 0.717) is 23.5 Å². The van der Waals surface area contributed by atoms with Crippen LogP contribution < -0.4 is 10.1 Å². The molecule has 0 radical (unpaired) electrons. The Morgan fingerprint density at radius 2 is 1.52 bits per heavy atom. The van der Waals surface area contributed by atoms with Gasteiger partial charge in [0.25, 0.3) is 5.91 Å². The molecule has 3 rings (SSSR count). The number of carboxylic acids is 1. The summed E-state index contributed by atoms with van der Waals surface area (Å²) in [7, 11) is 0. The van der Waals surface area contributed by atoms with Crippen LogP contribution in [0.25, 0.3) is 11.1 Å². The number of aliphatic carboxylic acids is 1. The normalized spacial score (nSPS) is 11.5. The third-order valence-electron chi connectivity index (χ3n) is 4.53. The molecule has 2 N–H and O–H groups in total. The summed E-state index contributed by atoms with van der Waals surface area (Å²) < 4.78 is 5.42. The van der Waals surface area contributed by atoms with Gasteiger partial charge >= 0.3 is 5.97 Å². The van der Waals surface area contributed by atoms with Crippen molar-refractivity contribution in [3.8, 4) is 16.9 Å². The molecule has 0 unspecified atom stereocenters. The summed E-state index contributed by atoms with van der Waals surface area (Å²) in [4.78, 5) is 24.0. The lowest BCUT2D eigenvalue weighted by atomic mass is 10.0. The van der Waals surface area contributed by atoms with Gasteiger partial charge in [-0.15, -0.1) is 0 Å². The number of benzene rings is 3. The minimum atomic E-state index is -0.983. The van der Waals surface area contributed by atoms with E-state index in [9.17, 15) is 14.7 Å². The maximum atomic E-state index is 12.7. The maximum absolute atomic E-state index is 12.7. The molecule has 0 aliphatic rings. The Morgan fingerprint density at radius 1 is 0.897 bits per heavy atom. The number of ether oxygens (including phenoxy) is 1. The smallest absolute Gasteiger partial charge is 0.305 e. The fourth-order valence-corrected chi connectivity index (χ4v) is 3.08. The maximum Gasteiger partial charge on any atom is 0.305 e. The highest BCUT2D eigenvalue weighted by Gasteiger charge is 2.19. The zero-order valence-electron chi connectivity index (χ0n) is 16.2. The van der Waals surface area contributed by atoms with Crippen molar-refractivity contribution in [3.05, 3.63) is 90.0 Å². The average molecular weight is 389 g/mol. The molecule has 0 saturated carbocycles.